The number of hydrogen-bond donors (Lipinski definition) is 1. The molecule has 36 heavy (non-hydrogen) atoms. The number of carbonyl (C=O) groups excluding carboxylic acids is 3. The van der Waals surface area contributed by atoms with Crippen LogP contribution in [0, 0.1) is 28.1 Å². The Morgan fingerprint density at radius 3 is 2.61 bits per heavy atom. The van der Waals surface area contributed by atoms with E-state index in [1.165, 1.54) is 19.4 Å². The highest BCUT2D eigenvalue weighted by atomic mass is 16.7. The van der Waals surface area contributed by atoms with Crippen LogP contribution in [0.5, 0.6) is 0 Å². The van der Waals surface area contributed by atoms with Crippen molar-refractivity contribution < 1.29 is 42.9 Å². The molecular formula is C27H32O9. The number of esters is 2. The minimum absolute atomic E-state index is 0.198. The molecule has 9 nitrogen and oxygen atoms in total. The zero-order valence-corrected chi connectivity index (χ0v) is 21.1. The number of cyclic esters (lactones) is 1. The van der Waals surface area contributed by atoms with Gasteiger partial charge in [0.15, 0.2) is 11.9 Å². The summed E-state index contributed by atoms with van der Waals surface area (Å²) in [5, 5.41) is 11.8. The summed E-state index contributed by atoms with van der Waals surface area (Å²) in [5.41, 5.74) is -4.05. The van der Waals surface area contributed by atoms with Crippen molar-refractivity contribution in [2.24, 2.45) is 28.1 Å². The van der Waals surface area contributed by atoms with Crippen molar-refractivity contribution in [3.05, 3.63) is 36.3 Å². The van der Waals surface area contributed by atoms with Crippen molar-refractivity contribution in [3.63, 3.8) is 0 Å². The number of carbonyl (C=O) groups is 3. The van der Waals surface area contributed by atoms with Crippen LogP contribution in [0.1, 0.15) is 52.2 Å². The molecule has 2 saturated carbocycles. The number of ether oxygens (including phenoxy) is 4. The van der Waals surface area contributed by atoms with Crippen LogP contribution in [0.15, 0.2) is 35.2 Å². The second-order valence-corrected chi connectivity index (χ2v) is 12.0. The summed E-state index contributed by atoms with van der Waals surface area (Å²) >= 11 is 0. The SMILES string of the molecule is COC(=O)/C=C\[C@@]12COC(C)(C)[C@@H]1C(=O)[C@@H](O)[C@]1(C)[C@@H]2CC[C@@]2(C)[C@H](c3ccoc3)OC(=O)[C@H]3O[C@@]312. The van der Waals surface area contributed by atoms with E-state index in [0.717, 1.165) is 0 Å². The molecule has 9 atom stereocenters. The summed E-state index contributed by atoms with van der Waals surface area (Å²) in [6, 6.07) is 1.76. The highest BCUT2D eigenvalue weighted by Gasteiger charge is 2.89. The summed E-state index contributed by atoms with van der Waals surface area (Å²) in [6.45, 7) is 7.75. The number of Topliss-reactive ketones (excluding diaryl/α,β-unsaturated/α-hetero) is 1. The standard InChI is InChI=1S/C27H32O9/c1-23(2)18-17(29)19(30)25(4)15(26(18,13-34-23)10-7-16(28)32-5)6-9-24(3)20(14-8-11-33-12-14)35-22(31)21-27(24,25)36-21/h7-8,10-12,15,18-21,30H,6,9,13H2,1-5H3/b10-7-/t15-,18-,19+,20-,21+,24-,25-,26-,27+/m0/s1. The highest BCUT2D eigenvalue weighted by Crippen LogP contribution is 2.79. The van der Waals surface area contributed by atoms with Crippen molar-refractivity contribution in [3.8, 4) is 0 Å². The predicted molar refractivity (Wildman–Crippen MR) is 122 cm³/mol. The van der Waals surface area contributed by atoms with Crippen LogP contribution in [0.3, 0.4) is 0 Å². The van der Waals surface area contributed by atoms with E-state index in [0.29, 0.717) is 18.4 Å². The van der Waals surface area contributed by atoms with E-state index in [1.807, 2.05) is 27.7 Å². The van der Waals surface area contributed by atoms with E-state index in [9.17, 15) is 19.5 Å². The number of rotatable bonds is 3. The van der Waals surface area contributed by atoms with E-state index in [4.69, 9.17) is 23.4 Å². The highest BCUT2D eigenvalue weighted by molar-refractivity contribution is 5.92. The van der Waals surface area contributed by atoms with Crippen LogP contribution in [0.2, 0.25) is 0 Å². The number of furan rings is 1. The molecule has 0 radical (unpaired) electrons. The molecule has 5 aliphatic rings. The summed E-state index contributed by atoms with van der Waals surface area (Å²) in [7, 11) is 1.30. The molecule has 4 heterocycles. The molecule has 1 spiro atoms. The smallest absolute Gasteiger partial charge is 0.339 e. The van der Waals surface area contributed by atoms with Crippen LogP contribution in [0.4, 0.5) is 0 Å². The number of aliphatic hydroxyl groups is 1. The minimum atomic E-state index is -1.39. The van der Waals surface area contributed by atoms with Gasteiger partial charge in [-0.05, 0) is 38.7 Å². The van der Waals surface area contributed by atoms with Gasteiger partial charge in [-0.1, -0.05) is 19.9 Å². The first-order valence-electron chi connectivity index (χ1n) is 12.4. The van der Waals surface area contributed by atoms with E-state index in [-0.39, 0.29) is 18.3 Å². The van der Waals surface area contributed by atoms with E-state index in [1.54, 1.807) is 18.4 Å². The van der Waals surface area contributed by atoms with E-state index in [2.05, 4.69) is 0 Å². The van der Waals surface area contributed by atoms with Crippen molar-refractivity contribution in [2.45, 2.75) is 70.1 Å². The van der Waals surface area contributed by atoms with Crippen molar-refractivity contribution in [2.75, 3.05) is 13.7 Å². The van der Waals surface area contributed by atoms with E-state index >= 15 is 0 Å². The quantitative estimate of drug-likeness (QED) is 0.379. The third-order valence-corrected chi connectivity index (χ3v) is 10.2. The van der Waals surface area contributed by atoms with Gasteiger partial charge in [0.05, 0.1) is 37.8 Å². The maximum atomic E-state index is 14.1. The first-order chi connectivity index (χ1) is 16.9. The first kappa shape index (κ1) is 23.9. The Bertz CT molecular complexity index is 1170. The number of hydrogen-bond acceptors (Lipinski definition) is 9. The zero-order chi connectivity index (χ0) is 25.9. The monoisotopic (exact) mass is 500 g/mol. The fourth-order valence-electron chi connectivity index (χ4n) is 8.77. The second-order valence-electron chi connectivity index (χ2n) is 12.0. The third kappa shape index (κ3) is 2.49. The van der Waals surface area contributed by atoms with E-state index < -0.39 is 63.6 Å². The molecule has 9 heteroatoms. The molecule has 5 fully saturated rings. The van der Waals surface area contributed by atoms with Crippen molar-refractivity contribution >= 4 is 17.7 Å². The van der Waals surface area contributed by atoms with Gasteiger partial charge in [0.25, 0.3) is 0 Å². The van der Waals surface area contributed by atoms with Gasteiger partial charge in [-0.25, -0.2) is 9.59 Å². The summed E-state index contributed by atoms with van der Waals surface area (Å²) in [6.07, 6.45) is 4.44. The lowest BCUT2D eigenvalue weighted by atomic mass is 9.37. The molecular weight excluding hydrogens is 468 g/mol. The summed E-state index contributed by atoms with van der Waals surface area (Å²) in [5.74, 6) is -2.41. The van der Waals surface area contributed by atoms with Crippen LogP contribution < -0.4 is 0 Å². The lowest BCUT2D eigenvalue weighted by Crippen LogP contribution is -2.74. The molecule has 0 bridgehead atoms. The Kier molecular flexibility index (Phi) is 4.70. The Morgan fingerprint density at radius 2 is 1.94 bits per heavy atom. The molecule has 1 aromatic heterocycles. The van der Waals surface area contributed by atoms with Crippen LogP contribution in [-0.2, 0) is 33.3 Å². The largest absolute Gasteiger partial charge is 0.472 e. The second kappa shape index (κ2) is 7.08. The lowest BCUT2D eigenvalue weighted by molar-refractivity contribution is -0.231. The molecule has 3 aliphatic heterocycles. The van der Waals surface area contributed by atoms with Gasteiger partial charge >= 0.3 is 11.9 Å². The zero-order valence-electron chi connectivity index (χ0n) is 21.1. The van der Waals surface area contributed by atoms with Gasteiger partial charge in [-0.2, -0.15) is 0 Å². The maximum absolute atomic E-state index is 14.1. The van der Waals surface area contributed by atoms with Gasteiger partial charge in [0.2, 0.25) is 0 Å². The number of fused-ring (bicyclic) bond motifs is 3. The van der Waals surface area contributed by atoms with Gasteiger partial charge < -0.3 is 28.5 Å². The first-order valence-corrected chi connectivity index (χ1v) is 12.4. The third-order valence-electron chi connectivity index (χ3n) is 10.2. The molecule has 1 N–H and O–H groups in total. The minimum Gasteiger partial charge on any atom is -0.472 e. The topological polar surface area (TPSA) is 125 Å². The Balaban J connectivity index is 1.55. The molecule has 1 aromatic rings. The summed E-state index contributed by atoms with van der Waals surface area (Å²) in [4.78, 5) is 39.4. The number of methoxy groups -OCH3 is 1. The lowest BCUT2D eigenvalue weighted by Gasteiger charge is -2.65. The number of epoxide rings is 1. The fourth-order valence-corrected chi connectivity index (χ4v) is 8.77. The summed E-state index contributed by atoms with van der Waals surface area (Å²) < 4.78 is 28.6. The molecule has 0 amide bonds. The number of ketones is 1. The van der Waals surface area contributed by atoms with Gasteiger partial charge in [-0.3, -0.25) is 4.79 Å². The van der Waals surface area contributed by atoms with Gasteiger partial charge in [0.1, 0.15) is 17.8 Å². The van der Waals surface area contributed by atoms with Gasteiger partial charge in [0, 0.05) is 27.9 Å². The average Bonchev–Trinajstić information content (AvgIpc) is 3.29. The van der Waals surface area contributed by atoms with Crippen molar-refractivity contribution in [1.82, 2.24) is 0 Å². The molecule has 3 saturated heterocycles. The normalized spacial score (nSPS) is 48.4. The van der Waals surface area contributed by atoms with Crippen LogP contribution in [0.25, 0.3) is 0 Å². The Labute approximate surface area is 209 Å². The maximum Gasteiger partial charge on any atom is 0.339 e. The predicted octanol–water partition coefficient (Wildman–Crippen LogP) is 2.52. The molecule has 2 aliphatic carbocycles. The van der Waals surface area contributed by atoms with Crippen LogP contribution >= 0.6 is 0 Å². The average molecular weight is 501 g/mol. The fraction of sp³-hybridized carbons (Fsp3) is 0.667. The number of aliphatic hydroxyl groups excluding tert-OH is 1. The molecule has 0 unspecified atom stereocenters. The van der Waals surface area contributed by atoms with Crippen molar-refractivity contribution in [1.29, 1.82) is 0 Å². The molecule has 194 valence electrons. The van der Waals surface area contributed by atoms with Crippen LogP contribution in [-0.4, -0.2) is 60.0 Å². The molecule has 6 rings (SSSR count). The molecule has 0 aromatic carbocycles. The Hall–Kier alpha value is -2.49. The van der Waals surface area contributed by atoms with Gasteiger partial charge in [-0.15, -0.1) is 0 Å². The Morgan fingerprint density at radius 1 is 1.19 bits per heavy atom.